The van der Waals surface area contributed by atoms with E-state index in [1.54, 1.807) is 17.0 Å². The molecule has 0 saturated carbocycles. The largest absolute Gasteiger partial charge is 0.445 e. The van der Waals surface area contributed by atoms with Gasteiger partial charge in [-0.3, -0.25) is 4.90 Å². The number of carbonyl (C=O) groups is 1. The van der Waals surface area contributed by atoms with Gasteiger partial charge in [0.15, 0.2) is 0 Å². The molecule has 2 aliphatic heterocycles. The minimum Gasteiger partial charge on any atom is -0.445 e. The van der Waals surface area contributed by atoms with Crippen molar-refractivity contribution < 1.29 is 18.4 Å². The molecule has 1 aromatic heterocycles. The summed E-state index contributed by atoms with van der Waals surface area (Å²) >= 11 is 1.50. The first-order chi connectivity index (χ1) is 12.9. The summed E-state index contributed by atoms with van der Waals surface area (Å²) in [6.07, 6.45) is 3.98. The molecule has 2 saturated heterocycles. The van der Waals surface area contributed by atoms with Crippen molar-refractivity contribution in [3.8, 4) is 0 Å². The number of quaternary nitrogens is 1. The second kappa shape index (κ2) is 7.24. The fourth-order valence-corrected chi connectivity index (χ4v) is 5.28. The van der Waals surface area contributed by atoms with E-state index < -0.39 is 0 Å². The van der Waals surface area contributed by atoms with Gasteiger partial charge in [0, 0.05) is 25.7 Å². The van der Waals surface area contributed by atoms with E-state index in [9.17, 15) is 9.18 Å². The number of piperidine rings is 1. The molecule has 2 aliphatic rings. The Hall–Kier alpha value is -1.92. The van der Waals surface area contributed by atoms with Crippen LogP contribution >= 0.6 is 11.3 Å². The number of anilines is 1. The Morgan fingerprint density at radius 1 is 1.19 bits per heavy atom. The van der Waals surface area contributed by atoms with Gasteiger partial charge in [-0.25, -0.2) is 9.18 Å². The average molecular weight is 390 g/mol. The summed E-state index contributed by atoms with van der Waals surface area (Å²) < 4.78 is 20.2. The molecule has 4 nitrogen and oxygen atoms in total. The van der Waals surface area contributed by atoms with Crippen LogP contribution in [0, 0.1) is 5.82 Å². The van der Waals surface area contributed by atoms with Crippen LogP contribution in [0.15, 0.2) is 41.8 Å². The molecule has 4 rings (SSSR count). The molecule has 27 heavy (non-hydrogen) atoms. The highest BCUT2D eigenvalue weighted by Crippen LogP contribution is 2.40. The molecule has 2 aromatic rings. The lowest BCUT2D eigenvalue weighted by molar-refractivity contribution is -0.931. The van der Waals surface area contributed by atoms with Crippen LogP contribution in [0.1, 0.15) is 31.2 Å². The Labute approximate surface area is 163 Å². The average Bonchev–Trinajstić information content (AvgIpc) is 3.17. The molecule has 2 bridgehead atoms. The second-order valence-corrected chi connectivity index (χ2v) is 9.08. The Bertz CT molecular complexity index is 775. The molecule has 6 heteroatoms. The van der Waals surface area contributed by atoms with Crippen LogP contribution in [-0.2, 0) is 11.3 Å². The van der Waals surface area contributed by atoms with E-state index in [0.717, 1.165) is 27.9 Å². The summed E-state index contributed by atoms with van der Waals surface area (Å²) in [6, 6.07) is 11.3. The molecule has 144 valence electrons. The van der Waals surface area contributed by atoms with E-state index in [1.807, 2.05) is 17.5 Å². The summed E-state index contributed by atoms with van der Waals surface area (Å²) in [5.41, 5.74) is 0.878. The van der Waals surface area contributed by atoms with Gasteiger partial charge in [-0.15, -0.1) is 11.3 Å². The van der Waals surface area contributed by atoms with E-state index in [-0.39, 0.29) is 18.0 Å². The van der Waals surface area contributed by atoms with Gasteiger partial charge in [0.2, 0.25) is 0 Å². The molecule has 3 heterocycles. The molecule has 1 amide bonds. The van der Waals surface area contributed by atoms with Gasteiger partial charge in [0.1, 0.15) is 16.9 Å². The van der Waals surface area contributed by atoms with Crippen LogP contribution in [0.5, 0.6) is 0 Å². The zero-order valence-electron chi connectivity index (χ0n) is 15.8. The standard InChI is InChI=1S/C21H26FN2O2S/c1-24(2)17-9-10-18(24)13-19(12-17)26-21(25)23(20-4-3-11-27-20)14-15-5-7-16(22)8-6-15/h3-8,11,17-19H,9-10,12-14H2,1-2H3/q+1. The molecule has 0 N–H and O–H groups in total. The normalized spacial score (nSPS) is 26.0. The first kappa shape index (κ1) is 18.4. The summed E-state index contributed by atoms with van der Waals surface area (Å²) in [4.78, 5) is 14.7. The second-order valence-electron chi connectivity index (χ2n) is 8.16. The van der Waals surface area contributed by atoms with Crippen LogP contribution in [0.2, 0.25) is 0 Å². The number of hydrogen-bond acceptors (Lipinski definition) is 3. The maximum absolute atomic E-state index is 13.2. The quantitative estimate of drug-likeness (QED) is 0.703. The van der Waals surface area contributed by atoms with Crippen molar-refractivity contribution >= 4 is 22.4 Å². The number of ether oxygens (including phenoxy) is 1. The number of thiophene rings is 1. The highest BCUT2D eigenvalue weighted by molar-refractivity contribution is 7.14. The number of amides is 1. The van der Waals surface area contributed by atoms with Crippen molar-refractivity contribution in [2.24, 2.45) is 0 Å². The third-order valence-corrected chi connectivity index (χ3v) is 7.19. The van der Waals surface area contributed by atoms with Crippen molar-refractivity contribution in [2.45, 2.75) is 50.4 Å². The minimum absolute atomic E-state index is 0.0168. The number of hydrogen-bond donors (Lipinski definition) is 0. The van der Waals surface area contributed by atoms with E-state index in [1.165, 1.54) is 36.3 Å². The molecular weight excluding hydrogens is 363 g/mol. The molecule has 1 aromatic carbocycles. The summed E-state index contributed by atoms with van der Waals surface area (Å²) in [5.74, 6) is -0.276. The van der Waals surface area contributed by atoms with Gasteiger partial charge in [-0.05, 0) is 35.2 Å². The Morgan fingerprint density at radius 3 is 2.44 bits per heavy atom. The van der Waals surface area contributed by atoms with Crippen molar-refractivity contribution in [1.82, 2.24) is 0 Å². The van der Waals surface area contributed by atoms with E-state index >= 15 is 0 Å². The number of halogens is 1. The first-order valence-electron chi connectivity index (χ1n) is 9.53. The Balaban J connectivity index is 1.47. The summed E-state index contributed by atoms with van der Waals surface area (Å²) in [6.45, 7) is 0.376. The fraction of sp³-hybridized carbons (Fsp3) is 0.476. The summed E-state index contributed by atoms with van der Waals surface area (Å²) in [5, 5.41) is 2.79. The van der Waals surface area contributed by atoms with E-state index in [2.05, 4.69) is 14.1 Å². The van der Waals surface area contributed by atoms with Gasteiger partial charge in [-0.2, -0.15) is 0 Å². The molecule has 2 unspecified atom stereocenters. The highest BCUT2D eigenvalue weighted by atomic mass is 32.1. The lowest BCUT2D eigenvalue weighted by Crippen LogP contribution is -2.56. The predicted octanol–water partition coefficient (Wildman–Crippen LogP) is 4.80. The molecule has 2 atom stereocenters. The van der Waals surface area contributed by atoms with E-state index in [4.69, 9.17) is 4.74 Å². The predicted molar refractivity (Wildman–Crippen MR) is 105 cm³/mol. The maximum atomic E-state index is 13.2. The topological polar surface area (TPSA) is 29.5 Å². The SMILES string of the molecule is C[N+]1(C)C2CCC1CC(OC(=O)N(Cc1ccc(F)cc1)c1cccs1)C2. The molecule has 0 aliphatic carbocycles. The first-order valence-corrected chi connectivity index (χ1v) is 10.4. The van der Waals surface area contributed by atoms with Crippen molar-refractivity contribution in [3.05, 3.63) is 53.2 Å². The van der Waals surface area contributed by atoms with Gasteiger partial charge in [-0.1, -0.05) is 12.1 Å². The van der Waals surface area contributed by atoms with Crippen molar-refractivity contribution in [2.75, 3.05) is 19.0 Å². The van der Waals surface area contributed by atoms with Crippen LogP contribution in [0.4, 0.5) is 14.2 Å². The van der Waals surface area contributed by atoms with Crippen LogP contribution in [0.3, 0.4) is 0 Å². The number of carbonyl (C=O) groups excluding carboxylic acids is 1. The third-order valence-electron chi connectivity index (χ3n) is 6.30. The smallest absolute Gasteiger partial charge is 0.415 e. The zero-order chi connectivity index (χ0) is 19.0. The zero-order valence-corrected chi connectivity index (χ0v) is 16.6. The van der Waals surface area contributed by atoms with Crippen molar-refractivity contribution in [3.63, 3.8) is 0 Å². The number of benzene rings is 1. The van der Waals surface area contributed by atoms with Crippen LogP contribution in [-0.4, -0.2) is 42.9 Å². The number of rotatable bonds is 4. The lowest BCUT2D eigenvalue weighted by atomic mass is 9.98. The molecule has 0 radical (unpaired) electrons. The Morgan fingerprint density at radius 2 is 1.85 bits per heavy atom. The minimum atomic E-state index is -0.307. The van der Waals surface area contributed by atoms with Crippen molar-refractivity contribution in [1.29, 1.82) is 0 Å². The van der Waals surface area contributed by atoms with Gasteiger partial charge in [0.05, 0.1) is 32.7 Å². The van der Waals surface area contributed by atoms with Gasteiger partial charge in [0.25, 0.3) is 0 Å². The maximum Gasteiger partial charge on any atom is 0.415 e. The fourth-order valence-electron chi connectivity index (χ4n) is 4.56. The summed E-state index contributed by atoms with van der Waals surface area (Å²) in [7, 11) is 4.60. The molecule has 2 fully saturated rings. The third kappa shape index (κ3) is 3.73. The Kier molecular flexibility index (Phi) is 4.95. The van der Waals surface area contributed by atoms with E-state index in [0.29, 0.717) is 18.6 Å². The molecule has 0 spiro atoms. The van der Waals surface area contributed by atoms with Crippen LogP contribution < -0.4 is 4.90 Å². The van der Waals surface area contributed by atoms with Gasteiger partial charge < -0.3 is 9.22 Å². The monoisotopic (exact) mass is 389 g/mol. The number of fused-ring (bicyclic) bond motifs is 2. The lowest BCUT2D eigenvalue weighted by Gasteiger charge is -2.44. The number of nitrogens with zero attached hydrogens (tertiary/aromatic N) is 2. The van der Waals surface area contributed by atoms with Crippen LogP contribution in [0.25, 0.3) is 0 Å². The molecular formula is C21H26FN2O2S+. The van der Waals surface area contributed by atoms with Gasteiger partial charge >= 0.3 is 6.09 Å². The highest BCUT2D eigenvalue weighted by Gasteiger charge is 2.50.